The van der Waals surface area contributed by atoms with E-state index in [1.165, 1.54) is 0 Å². The Hall–Kier alpha value is -4.47. The third kappa shape index (κ3) is 4.27. The SMILES string of the molecule is Cc1nc2ccccc2c(=O)n1OCC(=O)N/N=C/c1nc(-c2ccccc2)oc1O. The fourth-order valence-corrected chi connectivity index (χ4v) is 2.81. The molecular weight excluding hydrogens is 402 g/mol. The maximum absolute atomic E-state index is 12.5. The molecule has 0 unspecified atom stereocenters. The predicted molar refractivity (Wildman–Crippen MR) is 112 cm³/mol. The van der Waals surface area contributed by atoms with Crippen LogP contribution in [0.25, 0.3) is 22.4 Å². The summed E-state index contributed by atoms with van der Waals surface area (Å²) in [5.74, 6) is -0.534. The Kier molecular flexibility index (Phi) is 5.43. The van der Waals surface area contributed by atoms with E-state index in [-0.39, 0.29) is 11.6 Å². The molecule has 0 saturated heterocycles. The van der Waals surface area contributed by atoms with Gasteiger partial charge in [0.1, 0.15) is 5.82 Å². The number of nitrogens with zero attached hydrogens (tertiary/aromatic N) is 4. The zero-order valence-electron chi connectivity index (χ0n) is 16.3. The van der Waals surface area contributed by atoms with Crippen LogP contribution >= 0.6 is 0 Å². The van der Waals surface area contributed by atoms with Gasteiger partial charge >= 0.3 is 5.95 Å². The lowest BCUT2D eigenvalue weighted by Crippen LogP contribution is -2.35. The largest absolute Gasteiger partial charge is 0.479 e. The number of aromatic hydroxyl groups is 1. The van der Waals surface area contributed by atoms with Crippen LogP contribution in [0.3, 0.4) is 0 Å². The fraction of sp³-hybridized carbons (Fsp3) is 0.0952. The van der Waals surface area contributed by atoms with Gasteiger partial charge in [0.15, 0.2) is 12.3 Å². The first-order chi connectivity index (χ1) is 15.0. The Morgan fingerprint density at radius 3 is 2.74 bits per heavy atom. The molecule has 0 bridgehead atoms. The van der Waals surface area contributed by atoms with Gasteiger partial charge in [-0.2, -0.15) is 5.10 Å². The molecule has 4 aromatic rings. The second-order valence-electron chi connectivity index (χ2n) is 6.42. The summed E-state index contributed by atoms with van der Waals surface area (Å²) >= 11 is 0. The van der Waals surface area contributed by atoms with Gasteiger partial charge < -0.3 is 14.4 Å². The van der Waals surface area contributed by atoms with Crippen LogP contribution in [0.4, 0.5) is 0 Å². The van der Waals surface area contributed by atoms with Crippen molar-refractivity contribution >= 4 is 23.0 Å². The van der Waals surface area contributed by atoms with Crippen molar-refractivity contribution in [2.24, 2.45) is 5.10 Å². The second-order valence-corrected chi connectivity index (χ2v) is 6.42. The van der Waals surface area contributed by atoms with Gasteiger partial charge in [-0.15, -0.1) is 4.73 Å². The van der Waals surface area contributed by atoms with Crippen LogP contribution in [0.5, 0.6) is 5.95 Å². The summed E-state index contributed by atoms with van der Waals surface area (Å²) in [6.45, 7) is 1.12. The number of amides is 1. The summed E-state index contributed by atoms with van der Waals surface area (Å²) in [6, 6.07) is 15.9. The number of fused-ring (bicyclic) bond motifs is 1. The zero-order chi connectivity index (χ0) is 21.8. The highest BCUT2D eigenvalue weighted by Gasteiger charge is 2.13. The topological polar surface area (TPSA) is 132 Å². The molecule has 2 N–H and O–H groups in total. The normalized spacial score (nSPS) is 11.1. The van der Waals surface area contributed by atoms with E-state index in [1.54, 1.807) is 43.3 Å². The number of oxazole rings is 1. The van der Waals surface area contributed by atoms with Crippen molar-refractivity contribution in [3.63, 3.8) is 0 Å². The Morgan fingerprint density at radius 2 is 1.94 bits per heavy atom. The van der Waals surface area contributed by atoms with Gasteiger partial charge in [-0.25, -0.2) is 15.4 Å². The third-order valence-corrected chi connectivity index (χ3v) is 4.25. The highest BCUT2D eigenvalue weighted by molar-refractivity contribution is 5.83. The molecule has 10 nitrogen and oxygen atoms in total. The van der Waals surface area contributed by atoms with Gasteiger partial charge in [0, 0.05) is 5.56 Å². The van der Waals surface area contributed by atoms with Crippen molar-refractivity contribution in [2.75, 3.05) is 6.61 Å². The monoisotopic (exact) mass is 419 g/mol. The van der Waals surface area contributed by atoms with Gasteiger partial charge in [-0.1, -0.05) is 30.3 Å². The van der Waals surface area contributed by atoms with Crippen LogP contribution < -0.4 is 15.8 Å². The molecule has 156 valence electrons. The van der Waals surface area contributed by atoms with Crippen molar-refractivity contribution < 1.29 is 19.2 Å². The molecule has 0 aliphatic carbocycles. The van der Waals surface area contributed by atoms with Crippen LogP contribution in [-0.2, 0) is 4.79 Å². The van der Waals surface area contributed by atoms with E-state index in [0.717, 1.165) is 10.9 Å². The number of hydrogen-bond acceptors (Lipinski definition) is 8. The minimum Gasteiger partial charge on any atom is -0.479 e. The molecule has 4 rings (SSSR count). The van der Waals surface area contributed by atoms with E-state index in [1.807, 2.05) is 18.2 Å². The van der Waals surface area contributed by atoms with Crippen LogP contribution in [0.2, 0.25) is 0 Å². The molecule has 0 aliphatic heterocycles. The van der Waals surface area contributed by atoms with Crippen LogP contribution in [-0.4, -0.2) is 38.5 Å². The number of aryl methyl sites for hydroxylation is 1. The number of para-hydroxylation sites is 1. The van der Waals surface area contributed by atoms with E-state index in [2.05, 4.69) is 20.5 Å². The lowest BCUT2D eigenvalue weighted by molar-refractivity contribution is -0.126. The van der Waals surface area contributed by atoms with Gasteiger partial charge in [0.05, 0.1) is 17.1 Å². The zero-order valence-corrected chi connectivity index (χ0v) is 16.3. The third-order valence-electron chi connectivity index (χ3n) is 4.25. The minimum absolute atomic E-state index is 0.0471. The van der Waals surface area contributed by atoms with E-state index in [0.29, 0.717) is 22.3 Å². The summed E-state index contributed by atoms with van der Waals surface area (Å²) in [4.78, 5) is 38.2. The Bertz CT molecular complexity index is 1330. The number of hydrazone groups is 1. The van der Waals surface area contributed by atoms with Crippen molar-refractivity contribution in [3.05, 3.63) is 76.5 Å². The highest BCUT2D eigenvalue weighted by atomic mass is 16.7. The predicted octanol–water partition coefficient (Wildman–Crippen LogP) is 1.64. The maximum atomic E-state index is 12.5. The van der Waals surface area contributed by atoms with Gasteiger partial charge in [-0.05, 0) is 31.2 Å². The Labute approximate surface area is 175 Å². The first-order valence-electron chi connectivity index (χ1n) is 9.22. The number of hydrogen-bond donors (Lipinski definition) is 2. The summed E-state index contributed by atoms with van der Waals surface area (Å²) in [5, 5.41) is 14.0. The number of carbonyl (C=O) groups is 1. The number of carbonyl (C=O) groups excluding carboxylic acids is 1. The van der Waals surface area contributed by atoms with Crippen molar-refractivity contribution in [1.82, 2.24) is 20.1 Å². The van der Waals surface area contributed by atoms with E-state index in [9.17, 15) is 14.7 Å². The van der Waals surface area contributed by atoms with Crippen molar-refractivity contribution in [2.45, 2.75) is 6.92 Å². The molecule has 2 aromatic heterocycles. The molecule has 0 saturated carbocycles. The van der Waals surface area contributed by atoms with Crippen LogP contribution in [0, 0.1) is 6.92 Å². The number of aromatic nitrogens is 3. The van der Waals surface area contributed by atoms with E-state index < -0.39 is 24.0 Å². The molecule has 0 aliphatic rings. The molecule has 2 aromatic carbocycles. The second kappa shape index (κ2) is 8.49. The average Bonchev–Trinajstić information content (AvgIpc) is 3.15. The molecular formula is C21H17N5O5. The fourth-order valence-electron chi connectivity index (χ4n) is 2.81. The number of nitrogens with one attached hydrogen (secondary N) is 1. The van der Waals surface area contributed by atoms with Crippen molar-refractivity contribution in [1.29, 1.82) is 0 Å². The molecule has 0 spiro atoms. The lowest BCUT2D eigenvalue weighted by Gasteiger charge is -2.10. The smallest absolute Gasteiger partial charge is 0.312 e. The summed E-state index contributed by atoms with van der Waals surface area (Å²) in [6.07, 6.45) is 1.14. The molecule has 0 atom stereocenters. The van der Waals surface area contributed by atoms with E-state index in [4.69, 9.17) is 9.25 Å². The summed E-state index contributed by atoms with van der Waals surface area (Å²) in [5.41, 5.74) is 3.08. The maximum Gasteiger partial charge on any atom is 0.312 e. The number of rotatable bonds is 6. The molecule has 0 fully saturated rings. The van der Waals surface area contributed by atoms with Crippen LogP contribution in [0.15, 0.2) is 68.9 Å². The van der Waals surface area contributed by atoms with E-state index >= 15 is 0 Å². The minimum atomic E-state index is -0.623. The van der Waals surface area contributed by atoms with Gasteiger partial charge in [0.2, 0.25) is 5.89 Å². The summed E-state index contributed by atoms with van der Waals surface area (Å²) in [7, 11) is 0. The molecule has 0 radical (unpaired) electrons. The highest BCUT2D eigenvalue weighted by Crippen LogP contribution is 2.24. The number of benzene rings is 2. The van der Waals surface area contributed by atoms with Crippen molar-refractivity contribution in [3.8, 4) is 17.4 Å². The molecule has 31 heavy (non-hydrogen) atoms. The van der Waals surface area contributed by atoms with Gasteiger partial charge in [0.25, 0.3) is 11.5 Å². The summed E-state index contributed by atoms with van der Waals surface area (Å²) < 4.78 is 6.16. The van der Waals surface area contributed by atoms with Crippen LogP contribution in [0.1, 0.15) is 11.5 Å². The Morgan fingerprint density at radius 1 is 1.19 bits per heavy atom. The first kappa shape index (κ1) is 19.8. The quantitative estimate of drug-likeness (QED) is 0.359. The first-order valence-corrected chi connectivity index (χ1v) is 9.22. The van der Waals surface area contributed by atoms with Gasteiger partial charge in [-0.3, -0.25) is 9.59 Å². The average molecular weight is 419 g/mol. The molecule has 10 heteroatoms. The lowest BCUT2D eigenvalue weighted by atomic mass is 10.2. The standard InChI is InChI=1S/C21H17N5O5/c1-13-23-16-10-6-5-9-15(16)20(28)26(13)30-12-18(27)25-22-11-17-21(29)31-19(24-17)14-7-3-2-4-8-14/h2-11,29H,12H2,1H3,(H,25,27)/b22-11+. The molecule has 2 heterocycles. The Balaban J connectivity index is 1.39. The molecule has 1 amide bonds.